The van der Waals surface area contributed by atoms with Gasteiger partial charge in [-0.25, -0.2) is 0 Å². The van der Waals surface area contributed by atoms with Gasteiger partial charge in [-0.1, -0.05) is 101 Å². The predicted molar refractivity (Wildman–Crippen MR) is 168 cm³/mol. The maximum Gasteiger partial charge on any atom is 0.287 e. The Balaban J connectivity index is 0. The Labute approximate surface area is 247 Å². The molecule has 0 atom stereocenters. The molecule has 226 valence electrons. The molecule has 3 aromatic rings. The molecule has 0 aliphatic rings. The normalized spacial score (nSPS) is 9.80. The Bertz CT molecular complexity index is 1070. The monoisotopic (exact) mass is 566 g/mol. The van der Waals surface area contributed by atoms with Gasteiger partial charge in [0.05, 0.1) is 18.5 Å². The molecular formula is C34H50N2O5. The van der Waals surface area contributed by atoms with E-state index in [4.69, 9.17) is 9.15 Å². The number of rotatable bonds is 9. The highest BCUT2D eigenvalue weighted by Gasteiger charge is 2.09. The van der Waals surface area contributed by atoms with Crippen molar-refractivity contribution in [3.63, 3.8) is 0 Å². The SMILES string of the molecule is CC.CC(C)C.CCN/C(C)=C(\OCc1ccccc1)C(C)=O.Cc1ccccc1.O=CCNC(=O)c1ccco1. The lowest BCUT2D eigenvalue weighted by atomic mass is 10.2. The summed E-state index contributed by atoms with van der Waals surface area (Å²) in [5.74, 6) is 1.03. The Hall–Kier alpha value is -4.13. The zero-order chi connectivity index (χ0) is 31.5. The summed E-state index contributed by atoms with van der Waals surface area (Å²) in [6.07, 6.45) is 2.01. The van der Waals surface area contributed by atoms with E-state index in [0.29, 0.717) is 18.7 Å². The average Bonchev–Trinajstić information content (AvgIpc) is 3.50. The maximum absolute atomic E-state index is 11.5. The number of amides is 1. The fourth-order valence-corrected chi connectivity index (χ4v) is 2.71. The lowest BCUT2D eigenvalue weighted by molar-refractivity contribution is -0.117. The van der Waals surface area contributed by atoms with Gasteiger partial charge >= 0.3 is 0 Å². The van der Waals surface area contributed by atoms with Gasteiger partial charge in [0, 0.05) is 13.5 Å². The molecule has 0 aliphatic carbocycles. The second-order valence-corrected chi connectivity index (χ2v) is 9.06. The summed E-state index contributed by atoms with van der Waals surface area (Å²) < 4.78 is 10.3. The fraction of sp³-hybridized carbons (Fsp3) is 0.382. The summed E-state index contributed by atoms with van der Waals surface area (Å²) in [7, 11) is 0. The largest absolute Gasteiger partial charge is 0.483 e. The van der Waals surface area contributed by atoms with E-state index in [0.717, 1.165) is 23.7 Å². The molecule has 0 spiro atoms. The van der Waals surface area contributed by atoms with Gasteiger partial charge < -0.3 is 24.6 Å². The van der Waals surface area contributed by atoms with Crippen molar-refractivity contribution < 1.29 is 23.5 Å². The number of carbonyl (C=O) groups is 3. The second kappa shape index (κ2) is 26.1. The number of aldehydes is 1. The van der Waals surface area contributed by atoms with Gasteiger partial charge in [0.2, 0.25) is 0 Å². The Morgan fingerprint density at radius 1 is 0.878 bits per heavy atom. The summed E-state index contributed by atoms with van der Waals surface area (Å²) in [5, 5.41) is 5.43. The lowest BCUT2D eigenvalue weighted by Crippen LogP contribution is -2.24. The van der Waals surface area contributed by atoms with Gasteiger partial charge in [-0.05, 0) is 44.4 Å². The molecule has 3 rings (SSSR count). The molecular weight excluding hydrogens is 516 g/mol. The number of allylic oxidation sites excluding steroid dienone is 2. The molecule has 1 amide bonds. The molecule has 2 aromatic carbocycles. The molecule has 2 N–H and O–H groups in total. The number of aryl methyl sites for hydroxylation is 1. The molecule has 0 radical (unpaired) electrons. The zero-order valence-electron chi connectivity index (χ0n) is 26.3. The van der Waals surface area contributed by atoms with Crippen molar-refractivity contribution in [2.45, 2.75) is 68.9 Å². The number of carbonyl (C=O) groups excluding carboxylic acids is 3. The van der Waals surface area contributed by atoms with E-state index >= 15 is 0 Å². The Morgan fingerprint density at radius 3 is 1.80 bits per heavy atom. The molecule has 0 saturated carbocycles. The van der Waals surface area contributed by atoms with Crippen molar-refractivity contribution >= 4 is 18.0 Å². The third-order valence-electron chi connectivity index (χ3n) is 4.36. The molecule has 0 saturated heterocycles. The molecule has 0 unspecified atom stereocenters. The van der Waals surface area contributed by atoms with Crippen molar-refractivity contribution in [1.29, 1.82) is 0 Å². The van der Waals surface area contributed by atoms with Crippen LogP contribution >= 0.6 is 0 Å². The number of hydrogen-bond acceptors (Lipinski definition) is 6. The predicted octanol–water partition coefficient (Wildman–Crippen LogP) is 7.53. The van der Waals surface area contributed by atoms with Crippen molar-refractivity contribution in [2.75, 3.05) is 13.1 Å². The minimum absolute atomic E-state index is 0.0134. The quantitative estimate of drug-likeness (QED) is 0.158. The van der Waals surface area contributed by atoms with Gasteiger partial charge in [0.15, 0.2) is 17.3 Å². The summed E-state index contributed by atoms with van der Waals surface area (Å²) in [6.45, 7) is 19.1. The van der Waals surface area contributed by atoms with Gasteiger partial charge in [-0.3, -0.25) is 9.59 Å². The van der Waals surface area contributed by atoms with Gasteiger partial charge in [-0.2, -0.15) is 0 Å². The highest BCUT2D eigenvalue weighted by atomic mass is 16.5. The second-order valence-electron chi connectivity index (χ2n) is 9.06. The number of ketones is 1. The summed E-state index contributed by atoms with van der Waals surface area (Å²) in [4.78, 5) is 32.2. The minimum atomic E-state index is -0.373. The van der Waals surface area contributed by atoms with E-state index in [1.807, 2.05) is 76.2 Å². The zero-order valence-corrected chi connectivity index (χ0v) is 26.3. The van der Waals surface area contributed by atoms with Crippen LogP contribution in [0.25, 0.3) is 0 Å². The summed E-state index contributed by atoms with van der Waals surface area (Å²) >= 11 is 0. The fourth-order valence-electron chi connectivity index (χ4n) is 2.71. The number of nitrogens with one attached hydrogen (secondary N) is 2. The van der Waals surface area contributed by atoms with Crippen molar-refractivity contribution in [3.05, 3.63) is 107 Å². The number of ether oxygens (including phenoxy) is 1. The first-order valence-corrected chi connectivity index (χ1v) is 14.0. The van der Waals surface area contributed by atoms with Crippen LogP contribution in [-0.2, 0) is 20.9 Å². The molecule has 1 heterocycles. The van der Waals surface area contributed by atoms with Gasteiger partial charge in [0.1, 0.15) is 12.9 Å². The summed E-state index contributed by atoms with van der Waals surface area (Å²) in [6, 6.07) is 23.2. The topological polar surface area (TPSA) is 97.6 Å². The van der Waals surface area contributed by atoms with Crippen LogP contribution in [0.2, 0.25) is 0 Å². The van der Waals surface area contributed by atoms with Crippen molar-refractivity contribution in [2.24, 2.45) is 5.92 Å². The first-order valence-electron chi connectivity index (χ1n) is 14.0. The van der Waals surface area contributed by atoms with E-state index in [2.05, 4.69) is 50.5 Å². The third kappa shape index (κ3) is 22.4. The summed E-state index contributed by atoms with van der Waals surface area (Å²) in [5.41, 5.74) is 3.16. The van der Waals surface area contributed by atoms with Crippen LogP contribution in [0.5, 0.6) is 0 Å². The molecule has 1 aromatic heterocycles. The molecule has 0 aliphatic heterocycles. The van der Waals surface area contributed by atoms with E-state index in [1.54, 1.807) is 6.07 Å². The number of Topliss-reactive ketones (excluding diaryl/α,β-unsaturated/α-hetero) is 1. The van der Waals surface area contributed by atoms with E-state index in [9.17, 15) is 14.4 Å². The van der Waals surface area contributed by atoms with Crippen LogP contribution in [-0.4, -0.2) is 31.1 Å². The first-order chi connectivity index (χ1) is 19.6. The van der Waals surface area contributed by atoms with Crippen LogP contribution < -0.4 is 10.6 Å². The standard InChI is InChI=1S/C14H19NO2.C7H7NO3.C7H8.C4H10.C2H6/c1-4-15-11(2)14(12(3)16)17-10-13-8-6-5-7-9-13;9-4-3-8-7(10)6-2-1-5-11-6;1-7-5-3-2-4-6-7;1-4(2)3;1-2/h5-9,15H,4,10H2,1-3H3;1-2,4-5H,3H2,(H,8,10);2-6H,1H3;4H,1-3H3;1-2H3/b14-11-;;;;. The molecule has 0 fully saturated rings. The van der Waals surface area contributed by atoms with Crippen LogP contribution in [0.4, 0.5) is 0 Å². The van der Waals surface area contributed by atoms with Crippen LogP contribution in [0.15, 0.2) is 94.9 Å². The van der Waals surface area contributed by atoms with Crippen LogP contribution in [0.3, 0.4) is 0 Å². The van der Waals surface area contributed by atoms with Crippen molar-refractivity contribution in [3.8, 4) is 0 Å². The maximum atomic E-state index is 11.5. The minimum Gasteiger partial charge on any atom is -0.483 e. The van der Waals surface area contributed by atoms with Crippen molar-refractivity contribution in [1.82, 2.24) is 10.6 Å². The average molecular weight is 567 g/mol. The van der Waals surface area contributed by atoms with E-state index in [1.165, 1.54) is 24.8 Å². The third-order valence-corrected chi connectivity index (χ3v) is 4.36. The highest BCUT2D eigenvalue weighted by molar-refractivity contribution is 5.92. The molecule has 0 bridgehead atoms. The highest BCUT2D eigenvalue weighted by Crippen LogP contribution is 2.10. The first kappa shape index (κ1) is 39.0. The molecule has 7 nitrogen and oxygen atoms in total. The van der Waals surface area contributed by atoms with E-state index in [-0.39, 0.29) is 24.0 Å². The van der Waals surface area contributed by atoms with Crippen LogP contribution in [0.1, 0.15) is 77.1 Å². The van der Waals surface area contributed by atoms with Gasteiger partial charge in [0.25, 0.3) is 5.91 Å². The number of benzene rings is 2. The van der Waals surface area contributed by atoms with E-state index < -0.39 is 0 Å². The van der Waals surface area contributed by atoms with Gasteiger partial charge in [-0.15, -0.1) is 0 Å². The molecule has 41 heavy (non-hydrogen) atoms. The lowest BCUT2D eigenvalue weighted by Gasteiger charge is -2.12. The Morgan fingerprint density at radius 2 is 1.41 bits per heavy atom. The smallest absolute Gasteiger partial charge is 0.287 e. The number of hydrogen-bond donors (Lipinski definition) is 2. The number of furan rings is 1. The Kier molecular flexibility index (Phi) is 24.8. The van der Waals surface area contributed by atoms with Crippen LogP contribution in [0, 0.1) is 12.8 Å². The molecule has 7 heteroatoms.